The van der Waals surface area contributed by atoms with Crippen molar-refractivity contribution in [1.29, 1.82) is 0 Å². The Morgan fingerprint density at radius 2 is 1.77 bits per heavy atom. The molecule has 0 bridgehead atoms. The van der Waals surface area contributed by atoms with Gasteiger partial charge in [0.1, 0.15) is 5.00 Å². The van der Waals surface area contributed by atoms with Crippen molar-refractivity contribution in [3.63, 3.8) is 0 Å². The second-order valence-corrected chi connectivity index (χ2v) is 7.89. The number of esters is 1. The summed E-state index contributed by atoms with van der Waals surface area (Å²) in [7, 11) is 6.50. The van der Waals surface area contributed by atoms with Crippen LogP contribution in [-0.2, 0) is 17.7 Å². The topological polar surface area (TPSA) is 86.3 Å². The first-order chi connectivity index (χ1) is 14.4. The van der Waals surface area contributed by atoms with Crippen LogP contribution in [0.2, 0.25) is 0 Å². The highest BCUT2D eigenvalue weighted by atomic mass is 35.5. The van der Waals surface area contributed by atoms with Gasteiger partial charge in [-0.2, -0.15) is 0 Å². The molecule has 170 valence electrons. The van der Waals surface area contributed by atoms with E-state index in [1.807, 2.05) is 7.05 Å². The Kier molecular flexibility index (Phi) is 8.55. The van der Waals surface area contributed by atoms with Crippen molar-refractivity contribution in [2.45, 2.75) is 19.9 Å². The summed E-state index contributed by atoms with van der Waals surface area (Å²) in [6.07, 6.45) is 0.733. The standard InChI is InChI=1S/C21H26N2O6S.ClH/c1-6-29-21(25)17-13-7-8-23(2)11-16(13)30-20(17)22-19(24)12-9-14(26-3)18(28-5)15(10-12)27-4;/h9-10H,6-8,11H2,1-5H3,(H,22,24);1H. The Morgan fingerprint density at radius 1 is 1.13 bits per heavy atom. The molecule has 0 spiro atoms. The third kappa shape index (κ3) is 5.06. The zero-order valence-electron chi connectivity index (χ0n) is 18.2. The zero-order valence-corrected chi connectivity index (χ0v) is 19.8. The number of fused-ring (bicyclic) bond motifs is 1. The molecule has 1 aliphatic heterocycles. The van der Waals surface area contributed by atoms with Crippen LogP contribution >= 0.6 is 23.7 Å². The minimum atomic E-state index is -0.417. The summed E-state index contributed by atoms with van der Waals surface area (Å²) in [5, 5.41) is 3.38. The number of ether oxygens (including phenoxy) is 4. The number of amides is 1. The lowest BCUT2D eigenvalue weighted by Crippen LogP contribution is -2.26. The second kappa shape index (κ2) is 10.7. The SMILES string of the molecule is CCOC(=O)c1c(NC(=O)c2cc(OC)c(OC)c(OC)c2)sc2c1CCN(C)C2.Cl. The molecule has 2 heterocycles. The van der Waals surface area contributed by atoms with Crippen LogP contribution in [0.5, 0.6) is 17.2 Å². The van der Waals surface area contributed by atoms with Crippen molar-refractivity contribution >= 4 is 40.6 Å². The van der Waals surface area contributed by atoms with Crippen LogP contribution in [0.25, 0.3) is 0 Å². The van der Waals surface area contributed by atoms with E-state index < -0.39 is 5.97 Å². The Hall–Kier alpha value is -2.49. The number of hydrogen-bond acceptors (Lipinski definition) is 8. The van der Waals surface area contributed by atoms with E-state index in [1.54, 1.807) is 19.1 Å². The largest absolute Gasteiger partial charge is 0.493 e. The van der Waals surface area contributed by atoms with Gasteiger partial charge >= 0.3 is 5.97 Å². The lowest BCUT2D eigenvalue weighted by Gasteiger charge is -2.22. The average molecular weight is 471 g/mol. The van der Waals surface area contributed by atoms with Gasteiger partial charge < -0.3 is 29.2 Å². The molecule has 0 atom stereocenters. The van der Waals surface area contributed by atoms with E-state index in [4.69, 9.17) is 18.9 Å². The summed E-state index contributed by atoms with van der Waals surface area (Å²) in [5.41, 5.74) is 1.73. The van der Waals surface area contributed by atoms with Crippen molar-refractivity contribution in [2.24, 2.45) is 0 Å². The minimum absolute atomic E-state index is 0. The molecule has 31 heavy (non-hydrogen) atoms. The number of methoxy groups -OCH3 is 3. The molecular weight excluding hydrogens is 444 g/mol. The van der Waals surface area contributed by atoms with Crippen LogP contribution in [0.4, 0.5) is 5.00 Å². The molecule has 10 heteroatoms. The normalized spacial score (nSPS) is 12.9. The van der Waals surface area contributed by atoms with Gasteiger partial charge in [-0.25, -0.2) is 4.79 Å². The van der Waals surface area contributed by atoms with Crippen LogP contribution in [0, 0.1) is 0 Å². The van der Waals surface area contributed by atoms with Crippen molar-refractivity contribution < 1.29 is 28.5 Å². The first kappa shape index (κ1) is 24.8. The molecule has 1 aromatic heterocycles. The maximum absolute atomic E-state index is 13.0. The second-order valence-electron chi connectivity index (χ2n) is 6.78. The first-order valence-electron chi connectivity index (χ1n) is 9.54. The van der Waals surface area contributed by atoms with Gasteiger partial charge in [0, 0.05) is 23.5 Å². The number of benzene rings is 1. The van der Waals surface area contributed by atoms with E-state index in [2.05, 4.69) is 10.2 Å². The van der Waals surface area contributed by atoms with E-state index in [1.165, 1.54) is 32.7 Å². The summed E-state index contributed by atoms with van der Waals surface area (Å²) in [4.78, 5) is 28.9. The Morgan fingerprint density at radius 3 is 2.32 bits per heavy atom. The van der Waals surface area contributed by atoms with Crippen molar-refractivity contribution in [3.05, 3.63) is 33.7 Å². The van der Waals surface area contributed by atoms with Gasteiger partial charge in [0.05, 0.1) is 33.5 Å². The molecule has 0 unspecified atom stereocenters. The predicted octanol–water partition coefficient (Wildman–Crippen LogP) is 3.61. The maximum atomic E-state index is 13.0. The van der Waals surface area contributed by atoms with Gasteiger partial charge in [0.2, 0.25) is 5.75 Å². The molecule has 0 saturated heterocycles. The number of likely N-dealkylation sites (N-methyl/N-ethyl adjacent to an activating group) is 1. The fourth-order valence-electron chi connectivity index (χ4n) is 3.43. The van der Waals surface area contributed by atoms with Crippen LogP contribution in [0.1, 0.15) is 38.1 Å². The summed E-state index contributed by atoms with van der Waals surface area (Å²) < 4.78 is 21.2. The summed E-state index contributed by atoms with van der Waals surface area (Å²) in [6, 6.07) is 3.14. The van der Waals surface area contributed by atoms with Crippen molar-refractivity contribution in [1.82, 2.24) is 4.90 Å². The number of thiophene rings is 1. The molecule has 8 nitrogen and oxygen atoms in total. The molecule has 1 N–H and O–H groups in total. The van der Waals surface area contributed by atoms with Crippen molar-refractivity contribution in [3.8, 4) is 17.2 Å². The minimum Gasteiger partial charge on any atom is -0.493 e. The predicted molar refractivity (Wildman–Crippen MR) is 122 cm³/mol. The van der Waals surface area contributed by atoms with Crippen LogP contribution in [0.15, 0.2) is 12.1 Å². The smallest absolute Gasteiger partial charge is 0.341 e. The lowest BCUT2D eigenvalue weighted by atomic mass is 10.0. The number of carbonyl (C=O) groups excluding carboxylic acids is 2. The Bertz CT molecular complexity index is 937. The Labute approximate surface area is 191 Å². The molecular formula is C21H27ClN2O6S. The molecule has 0 aliphatic carbocycles. The molecule has 1 aromatic carbocycles. The highest BCUT2D eigenvalue weighted by molar-refractivity contribution is 7.17. The van der Waals surface area contributed by atoms with E-state index >= 15 is 0 Å². The van der Waals surface area contributed by atoms with Gasteiger partial charge in [0.15, 0.2) is 11.5 Å². The van der Waals surface area contributed by atoms with Crippen LogP contribution < -0.4 is 19.5 Å². The number of rotatable bonds is 7. The quantitative estimate of drug-likeness (QED) is 0.618. The summed E-state index contributed by atoms with van der Waals surface area (Å²) >= 11 is 1.41. The van der Waals surface area contributed by atoms with Gasteiger partial charge in [-0.3, -0.25) is 4.79 Å². The van der Waals surface area contributed by atoms with Gasteiger partial charge in [-0.05, 0) is 38.1 Å². The molecule has 0 saturated carbocycles. The number of anilines is 1. The number of nitrogens with zero attached hydrogens (tertiary/aromatic N) is 1. The fraction of sp³-hybridized carbons (Fsp3) is 0.429. The van der Waals surface area contributed by atoms with Gasteiger partial charge in [-0.15, -0.1) is 23.7 Å². The molecule has 3 rings (SSSR count). The highest BCUT2D eigenvalue weighted by Gasteiger charge is 2.29. The first-order valence-corrected chi connectivity index (χ1v) is 10.4. The Balaban J connectivity index is 0.00000341. The van der Waals surface area contributed by atoms with E-state index in [-0.39, 0.29) is 24.9 Å². The zero-order chi connectivity index (χ0) is 21.8. The average Bonchev–Trinajstić information content (AvgIpc) is 3.09. The summed E-state index contributed by atoms with van der Waals surface area (Å²) in [5.74, 6) is 0.351. The van der Waals surface area contributed by atoms with Crippen molar-refractivity contribution in [2.75, 3.05) is 46.8 Å². The van der Waals surface area contributed by atoms with Gasteiger partial charge in [0.25, 0.3) is 5.91 Å². The van der Waals surface area contributed by atoms with E-state index in [0.29, 0.717) is 33.4 Å². The number of carbonyl (C=O) groups is 2. The number of nitrogens with one attached hydrogen (secondary N) is 1. The molecule has 0 radical (unpaired) electrons. The molecule has 1 aliphatic rings. The maximum Gasteiger partial charge on any atom is 0.341 e. The monoisotopic (exact) mass is 470 g/mol. The van der Waals surface area contributed by atoms with Gasteiger partial charge in [-0.1, -0.05) is 0 Å². The number of halogens is 1. The van der Waals surface area contributed by atoms with Crippen LogP contribution in [-0.4, -0.2) is 58.3 Å². The number of hydrogen-bond donors (Lipinski definition) is 1. The third-order valence-corrected chi connectivity index (χ3v) is 6.01. The van der Waals surface area contributed by atoms with E-state index in [9.17, 15) is 9.59 Å². The lowest BCUT2D eigenvalue weighted by molar-refractivity contribution is 0.0526. The molecule has 1 amide bonds. The highest BCUT2D eigenvalue weighted by Crippen LogP contribution is 2.40. The van der Waals surface area contributed by atoms with E-state index in [0.717, 1.165) is 30.0 Å². The molecule has 0 fully saturated rings. The van der Waals surface area contributed by atoms with Crippen LogP contribution in [0.3, 0.4) is 0 Å². The molecule has 2 aromatic rings. The summed E-state index contributed by atoms with van der Waals surface area (Å²) in [6.45, 7) is 3.60. The third-order valence-electron chi connectivity index (χ3n) is 4.88. The fourth-order valence-corrected chi connectivity index (χ4v) is 4.74.